The van der Waals surface area contributed by atoms with E-state index in [0.29, 0.717) is 28.6 Å². The Labute approximate surface area is 253 Å². The van der Waals surface area contributed by atoms with Gasteiger partial charge in [0.1, 0.15) is 6.04 Å². The van der Waals surface area contributed by atoms with Gasteiger partial charge in [0.05, 0.1) is 4.90 Å². The number of unbranched alkanes of at least 4 members (excludes halogenated alkanes) is 1. The zero-order valence-corrected chi connectivity index (χ0v) is 25.8. The highest BCUT2D eigenvalue weighted by molar-refractivity contribution is 7.89. The molecule has 0 unspecified atom stereocenters. The zero-order valence-electron chi connectivity index (χ0n) is 23.4. The maximum atomic E-state index is 13.8. The average Bonchev–Trinajstić information content (AvgIpc) is 2.96. The molecule has 0 aliphatic heterocycles. The number of benzene rings is 3. The summed E-state index contributed by atoms with van der Waals surface area (Å²) < 4.78 is 27.1. The molecule has 3 aromatic rings. The number of carbonyl (C=O) groups is 2. The van der Waals surface area contributed by atoms with Crippen LogP contribution >= 0.6 is 23.2 Å². The van der Waals surface area contributed by atoms with Gasteiger partial charge < -0.3 is 10.2 Å². The third-order valence-corrected chi connectivity index (χ3v) is 9.23. The first kappa shape index (κ1) is 32.6. The van der Waals surface area contributed by atoms with Gasteiger partial charge in [-0.2, -0.15) is 0 Å². The van der Waals surface area contributed by atoms with Crippen molar-refractivity contribution in [3.8, 4) is 0 Å². The fourth-order valence-electron chi connectivity index (χ4n) is 4.38. The fourth-order valence-corrected chi connectivity index (χ4v) is 6.08. The summed E-state index contributed by atoms with van der Waals surface area (Å²) in [7, 11) is -2.19. The van der Waals surface area contributed by atoms with Crippen molar-refractivity contribution in [2.75, 3.05) is 20.1 Å². The topological polar surface area (TPSA) is 86.8 Å². The van der Waals surface area contributed by atoms with Gasteiger partial charge in [-0.25, -0.2) is 12.7 Å². The molecule has 0 aliphatic rings. The lowest BCUT2D eigenvalue weighted by Crippen LogP contribution is -2.50. The molecule has 1 N–H and O–H groups in total. The van der Waals surface area contributed by atoms with Crippen molar-refractivity contribution in [3.63, 3.8) is 0 Å². The molecule has 2 amide bonds. The number of halogens is 2. The molecule has 0 bridgehead atoms. The van der Waals surface area contributed by atoms with Crippen molar-refractivity contribution in [2.45, 2.75) is 56.5 Å². The largest absolute Gasteiger partial charge is 0.354 e. The van der Waals surface area contributed by atoms with E-state index in [1.165, 1.54) is 11.4 Å². The molecule has 0 spiro atoms. The molecule has 41 heavy (non-hydrogen) atoms. The number of rotatable bonds is 15. The van der Waals surface area contributed by atoms with Gasteiger partial charge in [0.25, 0.3) is 0 Å². The summed E-state index contributed by atoms with van der Waals surface area (Å²) in [6, 6.07) is 22.0. The van der Waals surface area contributed by atoms with Crippen molar-refractivity contribution in [1.82, 2.24) is 14.5 Å². The molecule has 10 heteroatoms. The van der Waals surface area contributed by atoms with Gasteiger partial charge in [-0.3, -0.25) is 9.59 Å². The SMILES string of the molecule is CCCCNC(=O)[C@@H](Cc1ccccc1)N(Cc1ccc(Cl)cc1Cl)C(=O)CCCN(C)S(=O)(=O)c1ccccc1. The van der Waals surface area contributed by atoms with Crippen LogP contribution in [-0.4, -0.2) is 55.6 Å². The number of nitrogens with one attached hydrogen (secondary N) is 1. The lowest BCUT2D eigenvalue weighted by Gasteiger charge is -2.32. The molecule has 220 valence electrons. The molecule has 0 heterocycles. The van der Waals surface area contributed by atoms with Crippen molar-refractivity contribution in [3.05, 3.63) is 100 Å². The minimum absolute atomic E-state index is 0.0490. The van der Waals surface area contributed by atoms with E-state index in [4.69, 9.17) is 23.2 Å². The van der Waals surface area contributed by atoms with Crippen molar-refractivity contribution < 1.29 is 18.0 Å². The molecular weight excluding hydrogens is 581 g/mol. The second-order valence-electron chi connectivity index (χ2n) is 9.85. The minimum Gasteiger partial charge on any atom is -0.354 e. The maximum Gasteiger partial charge on any atom is 0.243 e. The molecule has 0 aromatic heterocycles. The first-order valence-corrected chi connectivity index (χ1v) is 15.9. The van der Waals surface area contributed by atoms with Crippen molar-refractivity contribution in [2.24, 2.45) is 0 Å². The van der Waals surface area contributed by atoms with Crippen LogP contribution in [0.5, 0.6) is 0 Å². The van der Waals surface area contributed by atoms with Crippen LogP contribution in [0.2, 0.25) is 10.0 Å². The normalized spacial score (nSPS) is 12.2. The van der Waals surface area contributed by atoms with Crippen LogP contribution in [0, 0.1) is 0 Å². The first-order chi connectivity index (χ1) is 19.6. The number of amides is 2. The predicted octanol–water partition coefficient (Wildman–Crippen LogP) is 5.95. The van der Waals surface area contributed by atoms with E-state index in [1.807, 2.05) is 37.3 Å². The summed E-state index contributed by atoms with van der Waals surface area (Å²) in [5.74, 6) is -0.516. The zero-order chi connectivity index (χ0) is 29.8. The van der Waals surface area contributed by atoms with Gasteiger partial charge in [-0.05, 0) is 48.2 Å². The Morgan fingerprint density at radius 1 is 0.927 bits per heavy atom. The van der Waals surface area contributed by atoms with Gasteiger partial charge in [0.15, 0.2) is 0 Å². The second kappa shape index (κ2) is 15.9. The standard InChI is InChI=1S/C31H37Cl2N3O4S/c1-3-4-19-34-31(38)29(21-24-12-7-5-8-13-24)36(23-25-17-18-26(32)22-28(25)33)30(37)16-11-20-35(2)41(39,40)27-14-9-6-10-15-27/h5-10,12-15,17-18,22,29H,3-4,11,16,19-21,23H2,1-2H3,(H,34,38)/t29-/m1/s1. The smallest absolute Gasteiger partial charge is 0.243 e. The Bertz CT molecular complexity index is 1390. The molecule has 0 fully saturated rings. The van der Waals surface area contributed by atoms with Gasteiger partial charge in [-0.1, -0.05) is 91.1 Å². The Morgan fingerprint density at radius 3 is 2.22 bits per heavy atom. The predicted molar refractivity (Wildman–Crippen MR) is 164 cm³/mol. The Hall–Kier alpha value is -2.91. The fraction of sp³-hybridized carbons (Fsp3) is 0.355. The molecule has 7 nitrogen and oxygen atoms in total. The molecule has 3 rings (SSSR count). The summed E-state index contributed by atoms with van der Waals surface area (Å²) in [6.45, 7) is 2.80. The highest BCUT2D eigenvalue weighted by atomic mass is 35.5. The lowest BCUT2D eigenvalue weighted by atomic mass is 10.0. The van der Waals surface area contributed by atoms with Crippen LogP contribution in [0.3, 0.4) is 0 Å². The van der Waals surface area contributed by atoms with Crippen LogP contribution < -0.4 is 5.32 Å². The van der Waals surface area contributed by atoms with Gasteiger partial charge >= 0.3 is 0 Å². The summed E-state index contributed by atoms with van der Waals surface area (Å²) in [4.78, 5) is 29.1. The summed E-state index contributed by atoms with van der Waals surface area (Å²) >= 11 is 12.6. The summed E-state index contributed by atoms with van der Waals surface area (Å²) in [5, 5.41) is 3.85. The average molecular weight is 619 g/mol. The van der Waals surface area contributed by atoms with Gasteiger partial charge in [0.2, 0.25) is 21.8 Å². The van der Waals surface area contributed by atoms with Crippen molar-refractivity contribution in [1.29, 1.82) is 0 Å². The Balaban J connectivity index is 1.84. The number of carbonyl (C=O) groups excluding carboxylic acids is 2. The maximum absolute atomic E-state index is 13.8. The highest BCUT2D eigenvalue weighted by Gasteiger charge is 2.31. The van der Waals surface area contributed by atoms with E-state index in [-0.39, 0.29) is 42.6 Å². The first-order valence-electron chi connectivity index (χ1n) is 13.7. The molecule has 0 radical (unpaired) electrons. The van der Waals surface area contributed by atoms with E-state index in [1.54, 1.807) is 53.4 Å². The van der Waals surface area contributed by atoms with Crippen LogP contribution in [0.4, 0.5) is 0 Å². The summed E-state index contributed by atoms with van der Waals surface area (Å²) in [6.07, 6.45) is 2.39. The van der Waals surface area contributed by atoms with Gasteiger partial charge in [-0.15, -0.1) is 0 Å². The van der Waals surface area contributed by atoms with Crippen LogP contribution in [0.25, 0.3) is 0 Å². The number of nitrogens with zero attached hydrogens (tertiary/aromatic N) is 2. The van der Waals surface area contributed by atoms with Crippen molar-refractivity contribution >= 4 is 45.0 Å². The second-order valence-corrected chi connectivity index (χ2v) is 12.7. The van der Waals surface area contributed by atoms with Crippen LogP contribution in [0.1, 0.15) is 43.7 Å². The molecule has 3 aromatic carbocycles. The third kappa shape index (κ3) is 9.57. The lowest BCUT2D eigenvalue weighted by molar-refractivity contribution is -0.141. The van der Waals surface area contributed by atoms with Crippen LogP contribution in [0.15, 0.2) is 83.8 Å². The van der Waals surface area contributed by atoms with E-state index in [2.05, 4.69) is 5.32 Å². The third-order valence-electron chi connectivity index (χ3n) is 6.77. The molecule has 0 saturated carbocycles. The summed E-state index contributed by atoms with van der Waals surface area (Å²) in [5.41, 5.74) is 1.57. The molecule has 0 aliphatic carbocycles. The molecule has 1 atom stereocenters. The highest BCUT2D eigenvalue weighted by Crippen LogP contribution is 2.25. The molecule has 0 saturated heterocycles. The van der Waals surface area contributed by atoms with Crippen LogP contribution in [-0.2, 0) is 32.6 Å². The Kier molecular flexibility index (Phi) is 12.7. The Morgan fingerprint density at radius 2 is 1.59 bits per heavy atom. The minimum atomic E-state index is -3.68. The monoisotopic (exact) mass is 617 g/mol. The number of hydrogen-bond donors (Lipinski definition) is 1. The van der Waals surface area contributed by atoms with E-state index in [0.717, 1.165) is 18.4 Å². The van der Waals surface area contributed by atoms with Gasteiger partial charge in [0, 0.05) is 49.6 Å². The number of hydrogen-bond acceptors (Lipinski definition) is 4. The number of sulfonamides is 1. The molecular formula is C31H37Cl2N3O4S. The quantitative estimate of drug-likeness (QED) is 0.213. The van der Waals surface area contributed by atoms with E-state index in [9.17, 15) is 18.0 Å². The van der Waals surface area contributed by atoms with E-state index >= 15 is 0 Å². The van der Waals surface area contributed by atoms with E-state index < -0.39 is 16.1 Å².